The maximum absolute atomic E-state index is 11.3. The molecule has 2 aromatic rings. The minimum absolute atomic E-state index is 0.0450. The molecule has 0 radical (unpaired) electrons. The summed E-state index contributed by atoms with van der Waals surface area (Å²) in [6, 6.07) is 3.57. The Bertz CT molecular complexity index is 487. The molecule has 2 rings (SSSR count). The van der Waals surface area contributed by atoms with Crippen molar-refractivity contribution in [1.29, 1.82) is 0 Å². The van der Waals surface area contributed by atoms with Gasteiger partial charge in [-0.25, -0.2) is 4.98 Å². The third kappa shape index (κ3) is 1.29. The number of nitrogens with two attached hydrogens (primary N) is 1. The molecule has 2 N–H and O–H groups in total. The highest BCUT2D eigenvalue weighted by atomic mass is 16.1. The molecule has 0 aromatic carbocycles. The summed E-state index contributed by atoms with van der Waals surface area (Å²) in [4.78, 5) is 15.5. The van der Waals surface area contributed by atoms with Gasteiger partial charge in [0.15, 0.2) is 5.78 Å². The van der Waals surface area contributed by atoms with Gasteiger partial charge in [0.1, 0.15) is 0 Å². The number of fused-ring (bicyclic) bond motifs is 1. The normalized spacial score (nSPS) is 10.7. The monoisotopic (exact) mass is 189 g/mol. The largest absolute Gasteiger partial charge is 0.324 e. The van der Waals surface area contributed by atoms with Crippen LogP contribution in [0.1, 0.15) is 16.1 Å². The molecule has 0 aliphatic heterocycles. The summed E-state index contributed by atoms with van der Waals surface area (Å²) in [5.41, 5.74) is 7.79. The summed E-state index contributed by atoms with van der Waals surface area (Å²) in [5, 5.41) is 0. The Morgan fingerprint density at radius 2 is 2.43 bits per heavy atom. The predicted octanol–water partition coefficient (Wildman–Crippen LogP) is 0.784. The Morgan fingerprint density at radius 1 is 1.64 bits per heavy atom. The van der Waals surface area contributed by atoms with Crippen molar-refractivity contribution in [2.75, 3.05) is 6.54 Å². The summed E-state index contributed by atoms with van der Waals surface area (Å²) in [5.74, 6) is -0.0481. The molecule has 0 atom stereocenters. The predicted molar refractivity (Wildman–Crippen MR) is 53.3 cm³/mol. The van der Waals surface area contributed by atoms with E-state index in [1.807, 2.05) is 23.6 Å². The molecule has 72 valence electrons. The van der Waals surface area contributed by atoms with Crippen LogP contribution in [0.25, 0.3) is 5.52 Å². The summed E-state index contributed by atoms with van der Waals surface area (Å²) in [6.45, 7) is 1.95. The van der Waals surface area contributed by atoms with Crippen LogP contribution in [0.3, 0.4) is 0 Å². The minimum atomic E-state index is -0.0481. The van der Waals surface area contributed by atoms with Gasteiger partial charge >= 0.3 is 0 Å². The van der Waals surface area contributed by atoms with E-state index in [0.29, 0.717) is 5.56 Å². The lowest BCUT2D eigenvalue weighted by Crippen LogP contribution is -2.13. The quantitative estimate of drug-likeness (QED) is 0.710. The molecule has 2 aromatic heterocycles. The number of hydrogen-bond donors (Lipinski definition) is 1. The molecule has 0 amide bonds. The highest BCUT2D eigenvalue weighted by Gasteiger charge is 2.05. The van der Waals surface area contributed by atoms with Crippen molar-refractivity contribution in [3.05, 3.63) is 35.9 Å². The zero-order valence-corrected chi connectivity index (χ0v) is 7.90. The maximum atomic E-state index is 11.3. The molecule has 14 heavy (non-hydrogen) atoms. The van der Waals surface area contributed by atoms with Crippen LogP contribution in [0.5, 0.6) is 0 Å². The fourth-order valence-electron chi connectivity index (χ4n) is 1.41. The van der Waals surface area contributed by atoms with Gasteiger partial charge < -0.3 is 10.1 Å². The van der Waals surface area contributed by atoms with E-state index in [1.54, 1.807) is 12.4 Å². The second kappa shape index (κ2) is 3.23. The van der Waals surface area contributed by atoms with Crippen molar-refractivity contribution < 1.29 is 4.79 Å². The molecular formula is C10H11N3O. The van der Waals surface area contributed by atoms with Gasteiger partial charge in [0.05, 0.1) is 24.1 Å². The number of imidazole rings is 1. The van der Waals surface area contributed by atoms with E-state index < -0.39 is 0 Å². The van der Waals surface area contributed by atoms with Crippen molar-refractivity contribution in [3.8, 4) is 0 Å². The number of rotatable bonds is 2. The van der Waals surface area contributed by atoms with E-state index in [2.05, 4.69) is 4.98 Å². The first-order chi connectivity index (χ1) is 6.72. The van der Waals surface area contributed by atoms with Crippen LogP contribution in [0.2, 0.25) is 0 Å². The third-order valence-electron chi connectivity index (χ3n) is 2.24. The average molecular weight is 189 g/mol. The van der Waals surface area contributed by atoms with E-state index >= 15 is 0 Å². The Kier molecular flexibility index (Phi) is 2.05. The molecule has 0 spiro atoms. The number of Topliss-reactive ketones (excluding diaryl/α,β-unsaturated/α-hetero) is 1. The first-order valence-electron chi connectivity index (χ1n) is 4.39. The second-order valence-corrected chi connectivity index (χ2v) is 3.17. The van der Waals surface area contributed by atoms with Gasteiger partial charge in [-0.2, -0.15) is 0 Å². The number of aromatic nitrogens is 2. The molecule has 2 heterocycles. The van der Waals surface area contributed by atoms with Crippen molar-refractivity contribution in [3.63, 3.8) is 0 Å². The summed E-state index contributed by atoms with van der Waals surface area (Å²) in [7, 11) is 0. The zero-order valence-electron chi connectivity index (χ0n) is 7.90. The van der Waals surface area contributed by atoms with Crippen molar-refractivity contribution in [1.82, 2.24) is 9.38 Å². The van der Waals surface area contributed by atoms with E-state index in [4.69, 9.17) is 5.73 Å². The van der Waals surface area contributed by atoms with E-state index in [1.165, 1.54) is 0 Å². The van der Waals surface area contributed by atoms with Crippen molar-refractivity contribution >= 4 is 11.3 Å². The fourth-order valence-corrected chi connectivity index (χ4v) is 1.41. The van der Waals surface area contributed by atoms with E-state index in [9.17, 15) is 4.79 Å². The standard InChI is InChI=1S/C10H11N3O/c1-7-9-4-8(10(14)5-11)2-3-13(9)6-12-7/h2-4,6H,5,11H2,1H3. The zero-order chi connectivity index (χ0) is 10.1. The molecule has 0 saturated heterocycles. The van der Waals surface area contributed by atoms with Gasteiger partial charge in [0.25, 0.3) is 0 Å². The van der Waals surface area contributed by atoms with Gasteiger partial charge in [-0.3, -0.25) is 4.79 Å². The Morgan fingerprint density at radius 3 is 3.14 bits per heavy atom. The van der Waals surface area contributed by atoms with Crippen molar-refractivity contribution in [2.45, 2.75) is 6.92 Å². The van der Waals surface area contributed by atoms with Gasteiger partial charge in [0.2, 0.25) is 0 Å². The van der Waals surface area contributed by atoms with E-state index in [0.717, 1.165) is 11.2 Å². The lowest BCUT2D eigenvalue weighted by atomic mass is 10.1. The number of carbonyl (C=O) groups excluding carboxylic acids is 1. The summed E-state index contributed by atoms with van der Waals surface area (Å²) >= 11 is 0. The first-order valence-corrected chi connectivity index (χ1v) is 4.39. The van der Waals surface area contributed by atoms with Gasteiger partial charge in [0, 0.05) is 11.8 Å². The first kappa shape index (κ1) is 8.90. The van der Waals surface area contributed by atoms with Crippen LogP contribution < -0.4 is 5.73 Å². The number of hydrogen-bond acceptors (Lipinski definition) is 3. The summed E-state index contributed by atoms with van der Waals surface area (Å²) < 4.78 is 1.88. The molecule has 0 bridgehead atoms. The fraction of sp³-hybridized carbons (Fsp3) is 0.200. The van der Waals surface area contributed by atoms with E-state index in [-0.39, 0.29) is 12.3 Å². The van der Waals surface area contributed by atoms with Crippen molar-refractivity contribution in [2.24, 2.45) is 5.73 Å². The smallest absolute Gasteiger partial charge is 0.176 e. The van der Waals surface area contributed by atoms with Crippen LogP contribution in [-0.4, -0.2) is 21.7 Å². The minimum Gasteiger partial charge on any atom is -0.324 e. The third-order valence-corrected chi connectivity index (χ3v) is 2.24. The molecule has 0 fully saturated rings. The SMILES string of the molecule is Cc1ncn2ccc(C(=O)CN)cc12. The molecule has 0 unspecified atom stereocenters. The lowest BCUT2D eigenvalue weighted by Gasteiger charge is -1.99. The van der Waals surface area contributed by atoms with Gasteiger partial charge in [-0.05, 0) is 19.1 Å². The average Bonchev–Trinajstić information content (AvgIpc) is 2.59. The van der Waals surface area contributed by atoms with Crippen LogP contribution in [-0.2, 0) is 0 Å². The molecule has 4 heteroatoms. The number of aryl methyl sites for hydroxylation is 1. The Hall–Kier alpha value is -1.68. The molecule has 4 nitrogen and oxygen atoms in total. The number of nitrogens with zero attached hydrogens (tertiary/aromatic N) is 2. The number of carbonyl (C=O) groups is 1. The topological polar surface area (TPSA) is 60.4 Å². The highest BCUT2D eigenvalue weighted by Crippen LogP contribution is 2.11. The van der Waals surface area contributed by atoms with Crippen LogP contribution in [0, 0.1) is 6.92 Å². The second-order valence-electron chi connectivity index (χ2n) is 3.17. The summed E-state index contributed by atoms with van der Waals surface area (Å²) in [6.07, 6.45) is 3.54. The van der Waals surface area contributed by atoms with Crippen LogP contribution >= 0.6 is 0 Å². The number of pyridine rings is 1. The van der Waals surface area contributed by atoms with Crippen LogP contribution in [0.15, 0.2) is 24.7 Å². The maximum Gasteiger partial charge on any atom is 0.176 e. The molecule has 0 saturated carbocycles. The Labute approximate surface area is 81.4 Å². The molecule has 0 aliphatic carbocycles. The Balaban J connectivity index is 2.60. The highest BCUT2D eigenvalue weighted by molar-refractivity contribution is 5.98. The van der Waals surface area contributed by atoms with Gasteiger partial charge in [-0.1, -0.05) is 0 Å². The van der Waals surface area contributed by atoms with Gasteiger partial charge in [-0.15, -0.1) is 0 Å². The number of ketones is 1. The lowest BCUT2D eigenvalue weighted by molar-refractivity contribution is 0.100. The molecule has 0 aliphatic rings. The molecular weight excluding hydrogens is 178 g/mol. The van der Waals surface area contributed by atoms with Crippen LogP contribution in [0.4, 0.5) is 0 Å².